The van der Waals surface area contributed by atoms with Crippen molar-refractivity contribution in [3.63, 3.8) is 0 Å². The molecular formula is C16H14ClFN2O3. The maximum atomic E-state index is 12.8. The van der Waals surface area contributed by atoms with Crippen LogP contribution in [0.15, 0.2) is 41.5 Å². The normalized spacial score (nSPS) is 10.6. The van der Waals surface area contributed by atoms with Crippen molar-refractivity contribution in [1.29, 1.82) is 0 Å². The Morgan fingerprint density at radius 1 is 1.22 bits per heavy atom. The van der Waals surface area contributed by atoms with E-state index >= 15 is 0 Å². The number of ether oxygens (including phenoxy) is 2. The van der Waals surface area contributed by atoms with Gasteiger partial charge in [-0.1, -0.05) is 11.6 Å². The van der Waals surface area contributed by atoms with Crippen molar-refractivity contribution in [3.8, 4) is 11.5 Å². The summed E-state index contributed by atoms with van der Waals surface area (Å²) in [6.45, 7) is 0. The van der Waals surface area contributed by atoms with Crippen molar-refractivity contribution in [2.24, 2.45) is 5.10 Å². The predicted molar refractivity (Wildman–Crippen MR) is 86.0 cm³/mol. The molecule has 0 aliphatic heterocycles. The second kappa shape index (κ2) is 7.60. The molecule has 5 nitrogen and oxygen atoms in total. The lowest BCUT2D eigenvalue weighted by Gasteiger charge is -2.09. The predicted octanol–water partition coefficient (Wildman–Crippen LogP) is 3.26. The van der Waals surface area contributed by atoms with Crippen LogP contribution < -0.4 is 14.9 Å². The summed E-state index contributed by atoms with van der Waals surface area (Å²) in [5, 5.41) is 4.20. The number of nitrogens with zero attached hydrogens (tertiary/aromatic N) is 1. The average Bonchev–Trinajstić information content (AvgIpc) is 2.54. The zero-order valence-corrected chi connectivity index (χ0v) is 13.2. The van der Waals surface area contributed by atoms with Crippen LogP contribution in [0.3, 0.4) is 0 Å². The standard InChI is InChI=1S/C16H14ClFN2O3/c1-22-14-8-10(7-13(17)15(14)23-2)9-19-20-16(21)11-3-5-12(18)6-4-11/h3-9H,1-2H3,(H,20,21)/b19-9+. The fourth-order valence-electron chi connectivity index (χ4n) is 1.84. The molecule has 0 atom stereocenters. The van der Waals surface area contributed by atoms with Crippen LogP contribution in [0.25, 0.3) is 0 Å². The summed E-state index contributed by atoms with van der Waals surface area (Å²) < 4.78 is 23.1. The number of amides is 1. The SMILES string of the molecule is COc1cc(/C=N/NC(=O)c2ccc(F)cc2)cc(Cl)c1OC. The molecule has 0 aliphatic carbocycles. The van der Waals surface area contributed by atoms with E-state index in [1.54, 1.807) is 12.1 Å². The van der Waals surface area contributed by atoms with Gasteiger partial charge in [-0.15, -0.1) is 0 Å². The Morgan fingerprint density at radius 3 is 2.52 bits per heavy atom. The molecule has 1 amide bonds. The molecule has 0 aliphatic rings. The molecule has 23 heavy (non-hydrogen) atoms. The average molecular weight is 337 g/mol. The fourth-order valence-corrected chi connectivity index (χ4v) is 2.14. The molecule has 7 heteroatoms. The smallest absolute Gasteiger partial charge is 0.271 e. The third-order valence-corrected chi connectivity index (χ3v) is 3.22. The van der Waals surface area contributed by atoms with Crippen LogP contribution in [0, 0.1) is 5.82 Å². The first kappa shape index (κ1) is 16.8. The van der Waals surface area contributed by atoms with Gasteiger partial charge in [-0.25, -0.2) is 9.82 Å². The minimum absolute atomic E-state index is 0.300. The molecule has 0 saturated carbocycles. The molecule has 0 spiro atoms. The second-order valence-corrected chi connectivity index (χ2v) is 4.85. The molecule has 0 radical (unpaired) electrons. The van der Waals surface area contributed by atoms with Gasteiger partial charge in [-0.05, 0) is 42.0 Å². The number of halogens is 2. The number of hydrogen-bond donors (Lipinski definition) is 1. The van der Waals surface area contributed by atoms with Crippen LogP contribution in [0.2, 0.25) is 5.02 Å². The quantitative estimate of drug-likeness (QED) is 0.673. The molecule has 0 fully saturated rings. The zero-order valence-electron chi connectivity index (χ0n) is 12.5. The first-order valence-corrected chi connectivity index (χ1v) is 6.93. The molecule has 2 aromatic rings. The van der Waals surface area contributed by atoms with Crippen molar-refractivity contribution in [2.45, 2.75) is 0 Å². The van der Waals surface area contributed by atoms with Gasteiger partial charge in [0.25, 0.3) is 5.91 Å². The zero-order chi connectivity index (χ0) is 16.8. The van der Waals surface area contributed by atoms with Crippen LogP contribution in [0.4, 0.5) is 4.39 Å². The van der Waals surface area contributed by atoms with Crippen LogP contribution in [-0.4, -0.2) is 26.3 Å². The van der Waals surface area contributed by atoms with Gasteiger partial charge in [0.2, 0.25) is 0 Å². The Balaban J connectivity index is 2.10. The largest absolute Gasteiger partial charge is 0.493 e. The van der Waals surface area contributed by atoms with Crippen LogP contribution in [0.5, 0.6) is 11.5 Å². The van der Waals surface area contributed by atoms with Gasteiger partial charge in [0.1, 0.15) is 5.82 Å². The highest BCUT2D eigenvalue weighted by atomic mass is 35.5. The monoisotopic (exact) mass is 336 g/mol. The lowest BCUT2D eigenvalue weighted by Crippen LogP contribution is -2.17. The molecule has 120 valence electrons. The summed E-state index contributed by atoms with van der Waals surface area (Å²) in [7, 11) is 2.98. The van der Waals surface area contributed by atoms with Crippen molar-refractivity contribution in [2.75, 3.05) is 14.2 Å². The van der Waals surface area contributed by atoms with Gasteiger partial charge < -0.3 is 9.47 Å². The molecule has 2 aromatic carbocycles. The van der Waals surface area contributed by atoms with E-state index in [1.807, 2.05) is 0 Å². The van der Waals surface area contributed by atoms with Crippen molar-refractivity contribution >= 4 is 23.7 Å². The Kier molecular flexibility index (Phi) is 5.54. The lowest BCUT2D eigenvalue weighted by molar-refractivity contribution is 0.0955. The molecule has 0 saturated heterocycles. The summed E-state index contributed by atoms with van der Waals surface area (Å²) in [5.41, 5.74) is 3.26. The molecule has 0 heterocycles. The van der Waals surface area contributed by atoms with E-state index in [0.29, 0.717) is 27.6 Å². The van der Waals surface area contributed by atoms with E-state index in [2.05, 4.69) is 10.5 Å². The lowest BCUT2D eigenvalue weighted by atomic mass is 10.2. The Bertz CT molecular complexity index is 733. The van der Waals surface area contributed by atoms with E-state index in [4.69, 9.17) is 21.1 Å². The fraction of sp³-hybridized carbons (Fsp3) is 0.125. The number of carbonyl (C=O) groups is 1. The number of methoxy groups -OCH3 is 2. The first-order chi connectivity index (χ1) is 11.0. The van der Waals surface area contributed by atoms with Crippen molar-refractivity contribution in [1.82, 2.24) is 5.43 Å². The summed E-state index contributed by atoms with van der Waals surface area (Å²) in [6.07, 6.45) is 1.41. The van der Waals surface area contributed by atoms with Crippen LogP contribution in [0.1, 0.15) is 15.9 Å². The number of rotatable bonds is 5. The molecule has 2 rings (SSSR count). The number of carbonyl (C=O) groups excluding carboxylic acids is 1. The molecular weight excluding hydrogens is 323 g/mol. The van der Waals surface area contributed by atoms with E-state index in [1.165, 1.54) is 44.7 Å². The Hall–Kier alpha value is -2.60. The van der Waals surface area contributed by atoms with Gasteiger partial charge in [0.05, 0.1) is 25.5 Å². The third-order valence-electron chi connectivity index (χ3n) is 2.94. The highest BCUT2D eigenvalue weighted by Crippen LogP contribution is 2.35. The number of nitrogens with one attached hydrogen (secondary N) is 1. The van der Waals surface area contributed by atoms with Crippen molar-refractivity contribution < 1.29 is 18.7 Å². The number of hydrogen-bond acceptors (Lipinski definition) is 4. The Labute approximate surface area is 137 Å². The van der Waals surface area contributed by atoms with Gasteiger partial charge in [0.15, 0.2) is 11.5 Å². The van der Waals surface area contributed by atoms with Gasteiger partial charge in [0, 0.05) is 5.56 Å². The summed E-state index contributed by atoms with van der Waals surface area (Å²) in [4.78, 5) is 11.8. The van der Waals surface area contributed by atoms with Crippen LogP contribution >= 0.6 is 11.6 Å². The maximum absolute atomic E-state index is 12.8. The minimum atomic E-state index is -0.451. The summed E-state index contributed by atoms with van der Waals surface area (Å²) >= 11 is 6.08. The van der Waals surface area contributed by atoms with Gasteiger partial charge >= 0.3 is 0 Å². The highest BCUT2D eigenvalue weighted by Gasteiger charge is 2.10. The van der Waals surface area contributed by atoms with E-state index in [9.17, 15) is 9.18 Å². The molecule has 0 unspecified atom stereocenters. The highest BCUT2D eigenvalue weighted by molar-refractivity contribution is 6.32. The summed E-state index contributed by atoms with van der Waals surface area (Å²) in [6, 6.07) is 8.43. The van der Waals surface area contributed by atoms with Crippen molar-refractivity contribution in [3.05, 3.63) is 58.4 Å². The number of hydrazone groups is 1. The van der Waals surface area contributed by atoms with Gasteiger partial charge in [-0.3, -0.25) is 4.79 Å². The number of benzene rings is 2. The third kappa shape index (κ3) is 4.20. The topological polar surface area (TPSA) is 59.9 Å². The summed E-state index contributed by atoms with van der Waals surface area (Å²) in [5.74, 6) is 0.00539. The second-order valence-electron chi connectivity index (χ2n) is 4.44. The minimum Gasteiger partial charge on any atom is -0.493 e. The van der Waals surface area contributed by atoms with Crippen LogP contribution in [-0.2, 0) is 0 Å². The first-order valence-electron chi connectivity index (χ1n) is 6.55. The van der Waals surface area contributed by atoms with E-state index < -0.39 is 11.7 Å². The van der Waals surface area contributed by atoms with E-state index in [-0.39, 0.29) is 0 Å². The van der Waals surface area contributed by atoms with E-state index in [0.717, 1.165) is 0 Å². The molecule has 0 bridgehead atoms. The molecule has 0 aromatic heterocycles. The maximum Gasteiger partial charge on any atom is 0.271 e. The molecule has 1 N–H and O–H groups in total. The Morgan fingerprint density at radius 2 is 1.91 bits per heavy atom. The van der Waals surface area contributed by atoms with Gasteiger partial charge in [-0.2, -0.15) is 5.10 Å².